The fourth-order valence-corrected chi connectivity index (χ4v) is 3.52. The van der Waals surface area contributed by atoms with E-state index in [1.807, 2.05) is 19.9 Å². The van der Waals surface area contributed by atoms with E-state index < -0.39 is 17.8 Å². The van der Waals surface area contributed by atoms with Gasteiger partial charge in [0.2, 0.25) is 5.91 Å². The van der Waals surface area contributed by atoms with Crippen LogP contribution in [-0.2, 0) is 4.79 Å². The van der Waals surface area contributed by atoms with Gasteiger partial charge in [-0.05, 0) is 63.2 Å². The number of nitrogens with one attached hydrogen (secondary N) is 2. The van der Waals surface area contributed by atoms with Gasteiger partial charge >= 0.3 is 0 Å². The Balaban J connectivity index is 1.69. The number of benzene rings is 2. The highest BCUT2D eigenvalue weighted by atomic mass is 35.5. The Morgan fingerprint density at radius 2 is 1.81 bits per heavy atom. The van der Waals surface area contributed by atoms with Crippen molar-refractivity contribution < 1.29 is 14.0 Å². The van der Waals surface area contributed by atoms with Crippen LogP contribution in [0.5, 0.6) is 0 Å². The van der Waals surface area contributed by atoms with E-state index in [2.05, 4.69) is 15.7 Å². The van der Waals surface area contributed by atoms with Crippen LogP contribution in [0.1, 0.15) is 34.7 Å². The van der Waals surface area contributed by atoms with Crippen LogP contribution in [0.3, 0.4) is 0 Å². The second-order valence-corrected chi connectivity index (χ2v) is 8.15. The zero-order chi connectivity index (χ0) is 23.6. The maximum atomic E-state index is 14.2. The fraction of sp³-hybridized carbons (Fsp3) is 0.261. The minimum Gasteiger partial charge on any atom is -0.375 e. The number of carbonyl (C=O) groups excluding carboxylic acids is 2. The molecule has 2 N–H and O–H groups in total. The van der Waals surface area contributed by atoms with Gasteiger partial charge in [-0.2, -0.15) is 5.10 Å². The first kappa shape index (κ1) is 23.3. The fourth-order valence-electron chi connectivity index (χ4n) is 3.29. The average molecular weight is 458 g/mol. The van der Waals surface area contributed by atoms with Crippen molar-refractivity contribution in [2.24, 2.45) is 0 Å². The van der Waals surface area contributed by atoms with Gasteiger partial charge in [0.1, 0.15) is 11.9 Å². The summed E-state index contributed by atoms with van der Waals surface area (Å²) in [6, 6.07) is 10.4. The minimum atomic E-state index is -0.529. The Labute approximate surface area is 191 Å². The number of aromatic nitrogens is 2. The zero-order valence-corrected chi connectivity index (χ0v) is 19.3. The molecule has 1 unspecified atom stereocenters. The molecule has 0 radical (unpaired) electrons. The van der Waals surface area contributed by atoms with Crippen molar-refractivity contribution in [3.63, 3.8) is 0 Å². The molecule has 0 spiro atoms. The molecule has 168 valence electrons. The normalized spacial score (nSPS) is 11.7. The molecule has 7 nitrogen and oxygen atoms in total. The average Bonchev–Trinajstić information content (AvgIpc) is 3.06. The van der Waals surface area contributed by atoms with E-state index in [9.17, 15) is 14.0 Å². The van der Waals surface area contributed by atoms with E-state index in [0.29, 0.717) is 17.1 Å². The van der Waals surface area contributed by atoms with Crippen LogP contribution < -0.4 is 15.5 Å². The van der Waals surface area contributed by atoms with Crippen molar-refractivity contribution in [1.29, 1.82) is 0 Å². The lowest BCUT2D eigenvalue weighted by molar-refractivity contribution is -0.119. The summed E-state index contributed by atoms with van der Waals surface area (Å²) in [5, 5.41) is 10.1. The minimum absolute atomic E-state index is 0.181. The smallest absolute Gasteiger partial charge is 0.255 e. The molecule has 2 aromatic carbocycles. The lowest BCUT2D eigenvalue weighted by Crippen LogP contribution is -2.25. The summed E-state index contributed by atoms with van der Waals surface area (Å²) in [6.45, 7) is 5.50. The molecule has 1 heterocycles. The Kier molecular flexibility index (Phi) is 6.84. The summed E-state index contributed by atoms with van der Waals surface area (Å²) in [5.74, 6) is -1.23. The highest BCUT2D eigenvalue weighted by Gasteiger charge is 2.19. The van der Waals surface area contributed by atoms with E-state index in [1.165, 1.54) is 12.1 Å². The molecule has 0 aliphatic rings. The van der Waals surface area contributed by atoms with Crippen molar-refractivity contribution in [2.45, 2.75) is 26.8 Å². The highest BCUT2D eigenvalue weighted by molar-refractivity contribution is 6.34. The van der Waals surface area contributed by atoms with E-state index >= 15 is 0 Å². The first-order valence-electron chi connectivity index (χ1n) is 9.98. The summed E-state index contributed by atoms with van der Waals surface area (Å²) >= 11 is 6.32. The number of hydrogen-bond donors (Lipinski definition) is 2. The van der Waals surface area contributed by atoms with Gasteiger partial charge in [-0.3, -0.25) is 14.3 Å². The topological polar surface area (TPSA) is 79.3 Å². The third-order valence-electron chi connectivity index (χ3n) is 4.97. The largest absolute Gasteiger partial charge is 0.375 e. The molecule has 0 fully saturated rings. The molecule has 3 aromatic rings. The Morgan fingerprint density at radius 1 is 1.09 bits per heavy atom. The molecule has 2 amide bonds. The van der Waals surface area contributed by atoms with Gasteiger partial charge in [-0.1, -0.05) is 11.6 Å². The second kappa shape index (κ2) is 9.40. The van der Waals surface area contributed by atoms with Crippen molar-refractivity contribution in [3.05, 3.63) is 70.3 Å². The molecule has 1 atom stereocenters. The molecule has 9 heteroatoms. The van der Waals surface area contributed by atoms with E-state index in [1.54, 1.807) is 54.9 Å². The van der Waals surface area contributed by atoms with E-state index in [0.717, 1.165) is 11.4 Å². The lowest BCUT2D eigenvalue weighted by Gasteiger charge is -2.16. The number of rotatable bonds is 6. The molecular weight excluding hydrogens is 433 g/mol. The molecule has 3 rings (SSSR count). The molecule has 32 heavy (non-hydrogen) atoms. The molecule has 1 aromatic heterocycles. The van der Waals surface area contributed by atoms with Crippen LogP contribution in [0, 0.1) is 19.7 Å². The Bertz CT molecular complexity index is 1180. The summed E-state index contributed by atoms with van der Waals surface area (Å²) in [5.41, 5.74) is 3.10. The predicted molar refractivity (Wildman–Crippen MR) is 125 cm³/mol. The monoisotopic (exact) mass is 457 g/mol. The maximum Gasteiger partial charge on any atom is 0.255 e. The molecule has 0 saturated carbocycles. The van der Waals surface area contributed by atoms with Crippen molar-refractivity contribution in [3.8, 4) is 0 Å². The van der Waals surface area contributed by atoms with Crippen molar-refractivity contribution in [2.75, 3.05) is 29.6 Å². The lowest BCUT2D eigenvalue weighted by atomic mass is 10.1. The van der Waals surface area contributed by atoms with Crippen LogP contribution in [0.2, 0.25) is 5.02 Å². The number of halogens is 2. The third-order valence-corrected chi connectivity index (χ3v) is 5.28. The van der Waals surface area contributed by atoms with Crippen LogP contribution in [0.25, 0.3) is 0 Å². The highest BCUT2D eigenvalue weighted by Crippen LogP contribution is 2.27. The quantitative estimate of drug-likeness (QED) is 0.556. The third kappa shape index (κ3) is 5.08. The van der Waals surface area contributed by atoms with Crippen LogP contribution in [0.15, 0.2) is 42.5 Å². The first-order valence-corrected chi connectivity index (χ1v) is 10.4. The number of aryl methyl sites for hydroxylation is 2. The van der Waals surface area contributed by atoms with Crippen molar-refractivity contribution >= 4 is 40.5 Å². The summed E-state index contributed by atoms with van der Waals surface area (Å²) in [7, 11) is 3.44. The van der Waals surface area contributed by atoms with Gasteiger partial charge in [0, 0.05) is 31.0 Å². The van der Waals surface area contributed by atoms with Gasteiger partial charge in [0.25, 0.3) is 5.91 Å². The Morgan fingerprint density at radius 3 is 2.38 bits per heavy atom. The molecular formula is C23H25ClFN5O2. The van der Waals surface area contributed by atoms with Gasteiger partial charge in [0.15, 0.2) is 0 Å². The molecule has 0 saturated heterocycles. The van der Waals surface area contributed by atoms with E-state index in [-0.39, 0.29) is 16.5 Å². The number of nitrogens with zero attached hydrogens (tertiary/aromatic N) is 3. The predicted octanol–water partition coefficient (Wildman–Crippen LogP) is 4.81. The number of anilines is 3. The summed E-state index contributed by atoms with van der Waals surface area (Å²) < 4.78 is 15.8. The van der Waals surface area contributed by atoms with Gasteiger partial charge in [-0.15, -0.1) is 0 Å². The molecule has 0 bridgehead atoms. The zero-order valence-electron chi connectivity index (χ0n) is 18.5. The molecule has 0 aliphatic heterocycles. The van der Waals surface area contributed by atoms with Crippen LogP contribution in [0.4, 0.5) is 21.5 Å². The number of hydrogen-bond acceptors (Lipinski definition) is 4. The van der Waals surface area contributed by atoms with Gasteiger partial charge < -0.3 is 15.5 Å². The number of carbonyl (C=O) groups is 2. The SMILES string of the molecule is Cc1cc(C)n(C(C)C(=O)Nc2ccc(NC(=O)c3ccc(N(C)C)c(F)c3)cc2Cl)n1. The second-order valence-electron chi connectivity index (χ2n) is 7.75. The van der Waals surface area contributed by atoms with Crippen LogP contribution >= 0.6 is 11.6 Å². The standard InChI is InChI=1S/C23H25ClFN5O2/c1-13-10-14(2)30(28-13)15(3)22(31)27-20-8-7-17(12-18(20)24)26-23(32)16-6-9-21(29(4)5)19(25)11-16/h6-12,15H,1-5H3,(H,26,32)(H,27,31). The first-order chi connectivity index (χ1) is 15.1. The summed E-state index contributed by atoms with van der Waals surface area (Å²) in [4.78, 5) is 26.8. The van der Waals surface area contributed by atoms with Gasteiger partial charge in [0.05, 0.1) is 22.1 Å². The van der Waals surface area contributed by atoms with E-state index in [4.69, 9.17) is 11.6 Å². The maximum absolute atomic E-state index is 14.2. The van der Waals surface area contributed by atoms with Crippen LogP contribution in [-0.4, -0.2) is 35.7 Å². The Hall–Kier alpha value is -3.39. The van der Waals surface area contributed by atoms with Crippen molar-refractivity contribution in [1.82, 2.24) is 9.78 Å². The molecule has 0 aliphatic carbocycles. The van der Waals surface area contributed by atoms with Gasteiger partial charge in [-0.25, -0.2) is 4.39 Å². The number of amides is 2. The summed E-state index contributed by atoms with van der Waals surface area (Å²) in [6.07, 6.45) is 0.